The molecule has 10 nitrogen and oxygen atoms in total. The molecule has 1 fully saturated rings. The molecule has 0 bridgehead atoms. The van der Waals surface area contributed by atoms with Gasteiger partial charge in [0.15, 0.2) is 0 Å². The van der Waals surface area contributed by atoms with Gasteiger partial charge >= 0.3 is 0 Å². The quantitative estimate of drug-likeness (QED) is 0.679. The highest BCUT2D eigenvalue weighted by Gasteiger charge is 2.31. The van der Waals surface area contributed by atoms with Crippen LogP contribution in [0.25, 0.3) is 0 Å². The van der Waals surface area contributed by atoms with E-state index in [-0.39, 0.29) is 42.4 Å². The van der Waals surface area contributed by atoms with Gasteiger partial charge in [0.25, 0.3) is 5.91 Å². The molecule has 0 saturated carbocycles. The first-order valence-electron chi connectivity index (χ1n) is 12.1. The molecule has 0 unspecified atom stereocenters. The summed E-state index contributed by atoms with van der Waals surface area (Å²) >= 11 is 0. The molecule has 3 amide bonds. The zero-order valence-corrected chi connectivity index (χ0v) is 21.4. The lowest BCUT2D eigenvalue weighted by Crippen LogP contribution is -2.52. The summed E-state index contributed by atoms with van der Waals surface area (Å²) in [5.74, 6) is -0.0299. The Morgan fingerprint density at radius 1 is 1.17 bits per heavy atom. The number of likely N-dealkylation sites (N-methyl/N-ethyl adjacent to an activating group) is 1. The fourth-order valence-electron chi connectivity index (χ4n) is 4.44. The van der Waals surface area contributed by atoms with Crippen molar-refractivity contribution >= 4 is 23.4 Å². The standard InChI is InChI=1S/C25H38N4O6/c1-17-13-29(24(31)15-28-8-10-34-11-9-28)18(2)16-35-22-12-20(26-19(3)30)6-7-21(22)25(32)27(4)14-23(17)33-5/h6-7,12,17-18,23H,8-11,13-16H2,1-5H3,(H,26,30)/t17-,18+,23+/m1/s1. The first-order valence-corrected chi connectivity index (χ1v) is 12.1. The number of carbonyl (C=O) groups is 3. The third-order valence-corrected chi connectivity index (χ3v) is 6.55. The number of nitrogens with one attached hydrogen (secondary N) is 1. The lowest BCUT2D eigenvalue weighted by atomic mass is 10.0. The number of methoxy groups -OCH3 is 1. The second-order valence-electron chi connectivity index (χ2n) is 9.42. The normalized spacial score (nSPS) is 24.6. The molecule has 0 aromatic heterocycles. The molecule has 10 heteroatoms. The predicted molar refractivity (Wildman–Crippen MR) is 132 cm³/mol. The van der Waals surface area contributed by atoms with Crippen LogP contribution in [0.1, 0.15) is 31.1 Å². The monoisotopic (exact) mass is 490 g/mol. The van der Waals surface area contributed by atoms with E-state index in [4.69, 9.17) is 14.2 Å². The molecule has 3 atom stereocenters. The third-order valence-electron chi connectivity index (χ3n) is 6.55. The third kappa shape index (κ3) is 7.16. The van der Waals surface area contributed by atoms with E-state index in [1.807, 2.05) is 18.7 Å². The van der Waals surface area contributed by atoms with E-state index in [0.717, 1.165) is 13.1 Å². The number of fused-ring (bicyclic) bond motifs is 1. The van der Waals surface area contributed by atoms with Crippen molar-refractivity contribution in [2.45, 2.75) is 32.9 Å². The van der Waals surface area contributed by atoms with Crippen molar-refractivity contribution < 1.29 is 28.6 Å². The van der Waals surface area contributed by atoms with Crippen LogP contribution in [0.3, 0.4) is 0 Å². The van der Waals surface area contributed by atoms with Crippen molar-refractivity contribution in [1.82, 2.24) is 14.7 Å². The number of benzene rings is 1. The van der Waals surface area contributed by atoms with Crippen molar-refractivity contribution in [2.24, 2.45) is 5.92 Å². The summed E-state index contributed by atoms with van der Waals surface area (Å²) in [5, 5.41) is 2.73. The molecule has 1 saturated heterocycles. The predicted octanol–water partition coefficient (Wildman–Crippen LogP) is 1.31. The van der Waals surface area contributed by atoms with Gasteiger partial charge in [0.05, 0.1) is 37.5 Å². The second kappa shape index (κ2) is 12.3. The van der Waals surface area contributed by atoms with Gasteiger partial charge in [-0.2, -0.15) is 0 Å². The summed E-state index contributed by atoms with van der Waals surface area (Å²) in [4.78, 5) is 43.8. The summed E-state index contributed by atoms with van der Waals surface area (Å²) < 4.78 is 17.3. The van der Waals surface area contributed by atoms with Crippen LogP contribution in [0.5, 0.6) is 5.75 Å². The van der Waals surface area contributed by atoms with E-state index in [1.165, 1.54) is 6.92 Å². The fraction of sp³-hybridized carbons (Fsp3) is 0.640. The van der Waals surface area contributed by atoms with E-state index >= 15 is 0 Å². The van der Waals surface area contributed by atoms with E-state index in [0.29, 0.717) is 49.8 Å². The van der Waals surface area contributed by atoms with E-state index in [9.17, 15) is 14.4 Å². The van der Waals surface area contributed by atoms with Crippen LogP contribution < -0.4 is 10.1 Å². The Balaban J connectivity index is 1.90. The minimum absolute atomic E-state index is 0.00706. The Morgan fingerprint density at radius 3 is 2.54 bits per heavy atom. The molecule has 1 aromatic carbocycles. The number of amides is 3. The lowest BCUT2D eigenvalue weighted by Gasteiger charge is -2.37. The highest BCUT2D eigenvalue weighted by molar-refractivity contribution is 5.98. The van der Waals surface area contributed by atoms with Crippen molar-refractivity contribution in [3.05, 3.63) is 23.8 Å². The number of nitrogens with zero attached hydrogens (tertiary/aromatic N) is 3. The Bertz CT molecular complexity index is 904. The van der Waals surface area contributed by atoms with Crippen LogP contribution >= 0.6 is 0 Å². The minimum Gasteiger partial charge on any atom is -0.491 e. The molecule has 2 aliphatic heterocycles. The van der Waals surface area contributed by atoms with Crippen molar-refractivity contribution in [3.63, 3.8) is 0 Å². The smallest absolute Gasteiger partial charge is 0.257 e. The molecule has 1 aromatic rings. The minimum atomic E-state index is -0.253. The lowest BCUT2D eigenvalue weighted by molar-refractivity contribution is -0.137. The zero-order chi connectivity index (χ0) is 25.5. The summed E-state index contributed by atoms with van der Waals surface area (Å²) in [5.41, 5.74) is 0.929. The molecular formula is C25H38N4O6. The molecule has 1 N–H and O–H groups in total. The number of hydrogen-bond acceptors (Lipinski definition) is 7. The largest absolute Gasteiger partial charge is 0.491 e. The molecule has 2 heterocycles. The number of ether oxygens (including phenoxy) is 3. The van der Waals surface area contributed by atoms with E-state index in [2.05, 4.69) is 10.2 Å². The van der Waals surface area contributed by atoms with Gasteiger partial charge < -0.3 is 29.3 Å². The van der Waals surface area contributed by atoms with Gasteiger partial charge in [0.1, 0.15) is 12.4 Å². The average Bonchev–Trinajstić information content (AvgIpc) is 2.83. The van der Waals surface area contributed by atoms with Gasteiger partial charge in [-0.15, -0.1) is 0 Å². The zero-order valence-electron chi connectivity index (χ0n) is 21.4. The maximum atomic E-state index is 13.4. The second-order valence-corrected chi connectivity index (χ2v) is 9.42. The van der Waals surface area contributed by atoms with E-state index in [1.54, 1.807) is 37.3 Å². The molecule has 2 aliphatic rings. The van der Waals surface area contributed by atoms with Crippen molar-refractivity contribution in [2.75, 3.05) is 72.0 Å². The number of morpholine rings is 1. The molecular weight excluding hydrogens is 452 g/mol. The summed E-state index contributed by atoms with van der Waals surface area (Å²) in [6.07, 6.45) is -0.253. The van der Waals surface area contributed by atoms with Gasteiger partial charge in [0.2, 0.25) is 11.8 Å². The van der Waals surface area contributed by atoms with Gasteiger partial charge in [0, 0.05) is 64.9 Å². The number of rotatable bonds is 4. The summed E-state index contributed by atoms with van der Waals surface area (Å²) in [6.45, 7) is 9.48. The van der Waals surface area contributed by atoms with E-state index < -0.39 is 0 Å². The molecule has 35 heavy (non-hydrogen) atoms. The van der Waals surface area contributed by atoms with Crippen molar-refractivity contribution in [1.29, 1.82) is 0 Å². The van der Waals surface area contributed by atoms with Gasteiger partial charge in [-0.1, -0.05) is 6.92 Å². The molecule has 0 aliphatic carbocycles. The molecule has 194 valence electrons. The van der Waals surface area contributed by atoms with Gasteiger partial charge in [-0.25, -0.2) is 0 Å². The molecule has 0 radical (unpaired) electrons. The van der Waals surface area contributed by atoms with Gasteiger partial charge in [-0.3, -0.25) is 19.3 Å². The molecule has 3 rings (SSSR count). The topological polar surface area (TPSA) is 101 Å². The van der Waals surface area contributed by atoms with Crippen LogP contribution in [-0.4, -0.2) is 111 Å². The number of carbonyl (C=O) groups excluding carboxylic acids is 3. The Morgan fingerprint density at radius 2 is 1.89 bits per heavy atom. The van der Waals surface area contributed by atoms with Crippen LogP contribution in [0.4, 0.5) is 5.69 Å². The summed E-state index contributed by atoms with van der Waals surface area (Å²) in [7, 11) is 3.35. The first-order chi connectivity index (χ1) is 16.7. The van der Waals surface area contributed by atoms with Crippen LogP contribution in [-0.2, 0) is 19.1 Å². The maximum absolute atomic E-state index is 13.4. The Labute approximate surface area is 207 Å². The first kappa shape index (κ1) is 26.9. The highest BCUT2D eigenvalue weighted by atomic mass is 16.5. The Hall–Kier alpha value is -2.69. The van der Waals surface area contributed by atoms with Crippen molar-refractivity contribution in [3.8, 4) is 5.75 Å². The Kier molecular flexibility index (Phi) is 9.47. The van der Waals surface area contributed by atoms with Crippen LogP contribution in [0.2, 0.25) is 0 Å². The van der Waals surface area contributed by atoms with Crippen LogP contribution in [0.15, 0.2) is 18.2 Å². The number of hydrogen-bond donors (Lipinski definition) is 1. The van der Waals surface area contributed by atoms with Gasteiger partial charge in [-0.05, 0) is 19.1 Å². The summed E-state index contributed by atoms with van der Waals surface area (Å²) in [6, 6.07) is 4.74. The van der Waals surface area contributed by atoms with Crippen LogP contribution in [0, 0.1) is 5.92 Å². The number of anilines is 1. The average molecular weight is 491 g/mol. The highest BCUT2D eigenvalue weighted by Crippen LogP contribution is 2.27. The fourth-order valence-corrected chi connectivity index (χ4v) is 4.44. The molecule has 0 spiro atoms. The SMILES string of the molecule is CO[C@H]1CN(C)C(=O)c2ccc(NC(C)=O)cc2OC[C@H](C)N(C(=O)CN2CCOCC2)C[C@H]1C. The maximum Gasteiger partial charge on any atom is 0.257 e.